The van der Waals surface area contributed by atoms with Gasteiger partial charge in [-0.1, -0.05) is 28.9 Å². The molecule has 1 aromatic heterocycles. The molecular weight excluding hydrogens is 404 g/mol. The predicted molar refractivity (Wildman–Crippen MR) is 107 cm³/mol. The van der Waals surface area contributed by atoms with E-state index < -0.39 is 10.0 Å². The maximum absolute atomic E-state index is 13.1. The Morgan fingerprint density at radius 1 is 1.04 bits per heavy atom. The van der Waals surface area contributed by atoms with Crippen molar-refractivity contribution in [2.75, 3.05) is 18.9 Å². The summed E-state index contributed by atoms with van der Waals surface area (Å²) in [5, 5.41) is 4.09. The van der Waals surface area contributed by atoms with Crippen LogP contribution < -0.4 is 14.2 Å². The molecule has 9 heteroatoms. The molecule has 0 amide bonds. The summed E-state index contributed by atoms with van der Waals surface area (Å²) in [4.78, 5) is 0.105. The standard InChI is InChI=1S/C19H19ClN2O5S/c1-11-5-6-13(16-7-12(2)21-27-16)8-19(11)28(23,24)22-15-9-14(20)17(25-3)10-18(15)26-4/h5-10,22H,1-4H3. The number of methoxy groups -OCH3 is 2. The number of nitrogens with one attached hydrogen (secondary N) is 1. The zero-order valence-electron chi connectivity index (χ0n) is 15.7. The van der Waals surface area contributed by atoms with Gasteiger partial charge >= 0.3 is 0 Å². The van der Waals surface area contributed by atoms with Gasteiger partial charge in [0.25, 0.3) is 10.0 Å². The number of aromatic nitrogens is 1. The monoisotopic (exact) mass is 422 g/mol. The molecule has 1 heterocycles. The SMILES string of the molecule is COc1cc(OC)c(NS(=O)(=O)c2cc(-c3cc(C)no3)ccc2C)cc1Cl. The zero-order chi connectivity index (χ0) is 20.5. The second-order valence-electron chi connectivity index (χ2n) is 6.11. The average Bonchev–Trinajstić information content (AvgIpc) is 3.08. The van der Waals surface area contributed by atoms with E-state index >= 15 is 0 Å². The lowest BCUT2D eigenvalue weighted by atomic mass is 10.1. The lowest BCUT2D eigenvalue weighted by Crippen LogP contribution is -2.15. The first-order valence-electron chi connectivity index (χ1n) is 8.24. The van der Waals surface area contributed by atoms with Gasteiger partial charge in [0.05, 0.1) is 35.5 Å². The summed E-state index contributed by atoms with van der Waals surface area (Å²) in [5.74, 6) is 1.14. The van der Waals surface area contributed by atoms with E-state index in [1.165, 1.54) is 32.4 Å². The Labute approximate surface area is 168 Å². The van der Waals surface area contributed by atoms with Crippen LogP contribution in [0.15, 0.2) is 45.8 Å². The maximum Gasteiger partial charge on any atom is 0.262 e. The van der Waals surface area contributed by atoms with Crippen molar-refractivity contribution in [2.24, 2.45) is 0 Å². The molecule has 0 aliphatic rings. The van der Waals surface area contributed by atoms with Crippen molar-refractivity contribution < 1.29 is 22.4 Å². The van der Waals surface area contributed by atoms with Crippen LogP contribution in [-0.4, -0.2) is 27.8 Å². The van der Waals surface area contributed by atoms with Gasteiger partial charge in [-0.05, 0) is 31.5 Å². The van der Waals surface area contributed by atoms with Gasteiger partial charge in [0.2, 0.25) is 0 Å². The third kappa shape index (κ3) is 3.93. The number of sulfonamides is 1. The van der Waals surface area contributed by atoms with Gasteiger partial charge < -0.3 is 14.0 Å². The molecule has 0 radical (unpaired) electrons. The molecule has 0 unspecified atom stereocenters. The molecule has 1 N–H and O–H groups in total. The molecule has 0 fully saturated rings. The highest BCUT2D eigenvalue weighted by Crippen LogP contribution is 2.37. The van der Waals surface area contributed by atoms with Crippen LogP contribution in [0, 0.1) is 13.8 Å². The minimum Gasteiger partial charge on any atom is -0.495 e. The Hall–Kier alpha value is -2.71. The van der Waals surface area contributed by atoms with Gasteiger partial charge in [0.15, 0.2) is 5.76 Å². The second-order valence-corrected chi connectivity index (χ2v) is 8.16. The number of rotatable bonds is 6. The first kappa shape index (κ1) is 20.0. The number of hydrogen-bond acceptors (Lipinski definition) is 6. The fourth-order valence-electron chi connectivity index (χ4n) is 2.68. The van der Waals surface area contributed by atoms with Crippen molar-refractivity contribution in [3.63, 3.8) is 0 Å². The van der Waals surface area contributed by atoms with Crippen LogP contribution in [-0.2, 0) is 10.0 Å². The molecule has 0 saturated carbocycles. The second kappa shape index (κ2) is 7.73. The van der Waals surface area contributed by atoms with Crippen LogP contribution in [0.1, 0.15) is 11.3 Å². The molecule has 7 nitrogen and oxygen atoms in total. The van der Waals surface area contributed by atoms with Gasteiger partial charge in [-0.2, -0.15) is 0 Å². The van der Waals surface area contributed by atoms with Gasteiger partial charge in [0.1, 0.15) is 11.5 Å². The highest BCUT2D eigenvalue weighted by molar-refractivity contribution is 7.92. The summed E-state index contributed by atoms with van der Waals surface area (Å²) >= 11 is 6.14. The van der Waals surface area contributed by atoms with Crippen molar-refractivity contribution >= 4 is 27.3 Å². The molecule has 148 valence electrons. The summed E-state index contributed by atoms with van der Waals surface area (Å²) < 4.78 is 44.3. The van der Waals surface area contributed by atoms with Gasteiger partial charge in [-0.3, -0.25) is 4.72 Å². The summed E-state index contributed by atoms with van der Waals surface area (Å²) in [5.41, 5.74) is 2.08. The zero-order valence-corrected chi connectivity index (χ0v) is 17.3. The lowest BCUT2D eigenvalue weighted by molar-refractivity contribution is 0.396. The summed E-state index contributed by atoms with van der Waals surface area (Å²) in [6.07, 6.45) is 0. The number of hydrogen-bond donors (Lipinski definition) is 1. The third-order valence-corrected chi connectivity index (χ3v) is 5.91. The lowest BCUT2D eigenvalue weighted by Gasteiger charge is -2.15. The Morgan fingerprint density at radius 2 is 1.75 bits per heavy atom. The number of ether oxygens (including phenoxy) is 2. The third-order valence-electron chi connectivity index (χ3n) is 4.11. The molecule has 0 saturated heterocycles. The molecule has 0 aliphatic heterocycles. The summed E-state index contributed by atoms with van der Waals surface area (Å²) in [6.45, 7) is 3.50. The quantitative estimate of drug-likeness (QED) is 0.631. The van der Waals surface area contributed by atoms with Gasteiger partial charge in [-0.25, -0.2) is 8.42 Å². The summed E-state index contributed by atoms with van der Waals surface area (Å²) in [6, 6.07) is 9.71. The molecular formula is C19H19ClN2O5S. The maximum atomic E-state index is 13.1. The molecule has 0 spiro atoms. The van der Waals surface area contributed by atoms with E-state index in [1.807, 2.05) is 0 Å². The molecule has 3 rings (SSSR count). The number of benzene rings is 2. The molecule has 2 aromatic carbocycles. The Bertz CT molecular complexity index is 1130. The van der Waals surface area contributed by atoms with Crippen molar-refractivity contribution in [3.05, 3.63) is 52.7 Å². The van der Waals surface area contributed by atoms with Crippen molar-refractivity contribution in [2.45, 2.75) is 18.7 Å². The topological polar surface area (TPSA) is 90.7 Å². The van der Waals surface area contributed by atoms with Gasteiger partial charge in [-0.15, -0.1) is 0 Å². The van der Waals surface area contributed by atoms with E-state index in [9.17, 15) is 8.42 Å². The fraction of sp³-hybridized carbons (Fsp3) is 0.211. The summed E-state index contributed by atoms with van der Waals surface area (Å²) in [7, 11) is -1.04. The minimum atomic E-state index is -3.93. The van der Waals surface area contributed by atoms with Crippen molar-refractivity contribution in [1.29, 1.82) is 0 Å². The number of aryl methyl sites for hydroxylation is 2. The van der Waals surface area contributed by atoms with Crippen LogP contribution in [0.2, 0.25) is 5.02 Å². The van der Waals surface area contributed by atoms with E-state index in [4.69, 9.17) is 25.6 Å². The average molecular weight is 423 g/mol. The minimum absolute atomic E-state index is 0.105. The molecule has 0 bridgehead atoms. The van der Waals surface area contributed by atoms with Crippen LogP contribution in [0.3, 0.4) is 0 Å². The van der Waals surface area contributed by atoms with Crippen molar-refractivity contribution in [3.8, 4) is 22.8 Å². The van der Waals surface area contributed by atoms with Crippen LogP contribution >= 0.6 is 11.6 Å². The molecule has 0 atom stereocenters. The van der Waals surface area contributed by atoms with E-state index in [1.54, 1.807) is 32.0 Å². The van der Waals surface area contributed by atoms with Crippen LogP contribution in [0.5, 0.6) is 11.5 Å². The fourth-order valence-corrected chi connectivity index (χ4v) is 4.26. The Kier molecular flexibility index (Phi) is 5.53. The van der Waals surface area contributed by atoms with E-state index in [-0.39, 0.29) is 21.4 Å². The first-order chi connectivity index (χ1) is 13.2. The van der Waals surface area contributed by atoms with Crippen LogP contribution in [0.4, 0.5) is 5.69 Å². The van der Waals surface area contributed by atoms with Crippen LogP contribution in [0.25, 0.3) is 11.3 Å². The highest BCUT2D eigenvalue weighted by Gasteiger charge is 2.22. The van der Waals surface area contributed by atoms with Crippen molar-refractivity contribution in [1.82, 2.24) is 5.16 Å². The normalized spacial score (nSPS) is 11.3. The largest absolute Gasteiger partial charge is 0.495 e. The smallest absolute Gasteiger partial charge is 0.262 e. The highest BCUT2D eigenvalue weighted by atomic mass is 35.5. The molecule has 28 heavy (non-hydrogen) atoms. The Balaban J connectivity index is 2.03. The number of anilines is 1. The van der Waals surface area contributed by atoms with E-state index in [2.05, 4.69) is 9.88 Å². The van der Waals surface area contributed by atoms with E-state index in [0.717, 1.165) is 0 Å². The number of nitrogens with zero attached hydrogens (tertiary/aromatic N) is 1. The first-order valence-corrected chi connectivity index (χ1v) is 10.1. The molecule has 0 aliphatic carbocycles. The molecule has 3 aromatic rings. The Morgan fingerprint density at radius 3 is 2.36 bits per heavy atom. The van der Waals surface area contributed by atoms with E-state index in [0.29, 0.717) is 28.3 Å². The number of halogens is 1. The van der Waals surface area contributed by atoms with Gasteiger partial charge in [0, 0.05) is 17.7 Å². The predicted octanol–water partition coefficient (Wildman–Crippen LogP) is 4.43.